The van der Waals surface area contributed by atoms with Crippen LogP contribution in [0.1, 0.15) is 123 Å². The maximum Gasteiger partial charge on any atom is 0.119 e. The predicted octanol–water partition coefficient (Wildman–Crippen LogP) is 7.05. The van der Waals surface area contributed by atoms with Gasteiger partial charge in [-0.3, -0.25) is 0 Å². The average molecular weight is 440 g/mol. The molecule has 0 aliphatic rings. The quantitative estimate of drug-likeness (QED) is 0.0940. The van der Waals surface area contributed by atoms with E-state index >= 15 is 0 Å². The first-order valence-electron chi connectivity index (χ1n) is 13.2. The molecule has 0 rings (SSSR count). The normalized spacial score (nSPS) is 12.3. The fourth-order valence-electron chi connectivity index (χ4n) is 3.97. The highest BCUT2D eigenvalue weighted by atomic mass is 16.5. The van der Waals surface area contributed by atoms with Crippen LogP contribution in [0.25, 0.3) is 0 Å². The summed E-state index contributed by atoms with van der Waals surface area (Å²) < 4.78 is 6.02. The zero-order valence-electron chi connectivity index (χ0n) is 20.9. The molecule has 0 aromatic heterocycles. The Morgan fingerprint density at radius 3 is 2.06 bits per heavy atom. The summed E-state index contributed by atoms with van der Waals surface area (Å²) in [4.78, 5) is 12.7. The van der Waals surface area contributed by atoms with E-state index in [0.717, 1.165) is 63.8 Å². The molecule has 0 aromatic rings. The van der Waals surface area contributed by atoms with Crippen molar-refractivity contribution in [3.63, 3.8) is 0 Å². The number of ether oxygens (including phenoxy) is 1. The van der Waals surface area contributed by atoms with E-state index in [9.17, 15) is 9.90 Å². The summed E-state index contributed by atoms with van der Waals surface area (Å²) in [6.45, 7) is 11.4. The van der Waals surface area contributed by atoms with Crippen LogP contribution in [0, 0.1) is 0 Å². The van der Waals surface area contributed by atoms with Gasteiger partial charge in [0.25, 0.3) is 0 Å². The SMILES string of the molecule is C=C(CCCCCCCCCCC)OC(C)CCN(CCO)CCCCCCCC=O. The van der Waals surface area contributed by atoms with Crippen molar-refractivity contribution in [1.29, 1.82) is 0 Å². The van der Waals surface area contributed by atoms with Gasteiger partial charge in [0.15, 0.2) is 0 Å². The third-order valence-electron chi connectivity index (χ3n) is 5.99. The number of aliphatic hydroxyl groups is 1. The Morgan fingerprint density at radius 2 is 1.45 bits per heavy atom. The van der Waals surface area contributed by atoms with Crippen LogP contribution in [-0.4, -0.2) is 48.6 Å². The number of nitrogens with zero attached hydrogens (tertiary/aromatic N) is 1. The number of allylic oxidation sites excluding steroid dienone is 1. The molecule has 0 bridgehead atoms. The van der Waals surface area contributed by atoms with Crippen LogP contribution in [0.2, 0.25) is 0 Å². The highest BCUT2D eigenvalue weighted by Gasteiger charge is 2.10. The van der Waals surface area contributed by atoms with Crippen LogP contribution in [0.5, 0.6) is 0 Å². The van der Waals surface area contributed by atoms with Crippen LogP contribution < -0.4 is 0 Å². The van der Waals surface area contributed by atoms with Crippen molar-refractivity contribution in [3.8, 4) is 0 Å². The maximum absolute atomic E-state index is 10.3. The summed E-state index contributed by atoms with van der Waals surface area (Å²) in [6, 6.07) is 0. The zero-order chi connectivity index (χ0) is 23.0. The summed E-state index contributed by atoms with van der Waals surface area (Å²) in [7, 11) is 0. The van der Waals surface area contributed by atoms with Crippen LogP contribution >= 0.6 is 0 Å². The average Bonchev–Trinajstić information content (AvgIpc) is 2.75. The Hall–Kier alpha value is -0.870. The third kappa shape index (κ3) is 22.1. The summed E-state index contributed by atoms with van der Waals surface area (Å²) in [6.07, 6.45) is 21.6. The second kappa shape index (κ2) is 23.8. The topological polar surface area (TPSA) is 49.8 Å². The van der Waals surface area contributed by atoms with E-state index in [1.807, 2.05) is 0 Å². The number of unbranched alkanes of at least 4 members (excludes halogenated alkanes) is 13. The minimum absolute atomic E-state index is 0.176. The van der Waals surface area contributed by atoms with Crippen molar-refractivity contribution in [3.05, 3.63) is 12.3 Å². The van der Waals surface area contributed by atoms with Crippen molar-refractivity contribution in [2.45, 2.75) is 129 Å². The first kappa shape index (κ1) is 30.1. The number of carbonyl (C=O) groups is 1. The first-order chi connectivity index (χ1) is 15.1. The highest BCUT2D eigenvalue weighted by molar-refractivity contribution is 5.48. The number of carbonyl (C=O) groups excluding carboxylic acids is 1. The minimum Gasteiger partial charge on any atom is -0.496 e. The first-order valence-corrected chi connectivity index (χ1v) is 13.2. The Bertz CT molecular complexity index is 400. The molecule has 0 radical (unpaired) electrons. The van der Waals surface area contributed by atoms with E-state index in [1.165, 1.54) is 70.6 Å². The van der Waals surface area contributed by atoms with Gasteiger partial charge in [0.2, 0.25) is 0 Å². The van der Waals surface area contributed by atoms with E-state index in [1.54, 1.807) is 0 Å². The van der Waals surface area contributed by atoms with E-state index < -0.39 is 0 Å². The minimum atomic E-state index is 0.176. The molecule has 0 aliphatic carbocycles. The molecule has 0 saturated carbocycles. The van der Waals surface area contributed by atoms with Gasteiger partial charge in [0.05, 0.1) is 18.5 Å². The van der Waals surface area contributed by atoms with Gasteiger partial charge < -0.3 is 19.5 Å². The van der Waals surface area contributed by atoms with E-state index in [-0.39, 0.29) is 12.7 Å². The van der Waals surface area contributed by atoms with Gasteiger partial charge in [0.1, 0.15) is 6.29 Å². The van der Waals surface area contributed by atoms with Gasteiger partial charge in [-0.05, 0) is 39.2 Å². The van der Waals surface area contributed by atoms with Gasteiger partial charge in [-0.2, -0.15) is 0 Å². The molecule has 4 nitrogen and oxygen atoms in total. The smallest absolute Gasteiger partial charge is 0.119 e. The summed E-state index contributed by atoms with van der Waals surface area (Å²) in [5, 5.41) is 9.34. The number of rotatable bonds is 25. The molecule has 4 heteroatoms. The van der Waals surface area contributed by atoms with E-state index in [0.29, 0.717) is 6.42 Å². The second-order valence-electron chi connectivity index (χ2n) is 9.12. The predicted molar refractivity (Wildman–Crippen MR) is 133 cm³/mol. The zero-order valence-corrected chi connectivity index (χ0v) is 20.9. The lowest BCUT2D eigenvalue weighted by Gasteiger charge is -2.24. The highest BCUT2D eigenvalue weighted by Crippen LogP contribution is 2.15. The third-order valence-corrected chi connectivity index (χ3v) is 5.99. The second-order valence-corrected chi connectivity index (χ2v) is 9.12. The Morgan fingerprint density at radius 1 is 0.871 bits per heavy atom. The van der Waals surface area contributed by atoms with Crippen LogP contribution in [0.15, 0.2) is 12.3 Å². The number of aldehydes is 1. The Labute approximate surface area is 193 Å². The van der Waals surface area contributed by atoms with Gasteiger partial charge in [-0.1, -0.05) is 84.1 Å². The van der Waals surface area contributed by atoms with Gasteiger partial charge >= 0.3 is 0 Å². The summed E-state index contributed by atoms with van der Waals surface area (Å²) in [5.74, 6) is 0.930. The van der Waals surface area contributed by atoms with E-state index in [2.05, 4.69) is 25.3 Å². The lowest BCUT2D eigenvalue weighted by Crippen LogP contribution is -2.31. The van der Waals surface area contributed by atoms with Crippen LogP contribution in [0.3, 0.4) is 0 Å². The molecule has 31 heavy (non-hydrogen) atoms. The summed E-state index contributed by atoms with van der Waals surface area (Å²) >= 11 is 0. The fourth-order valence-corrected chi connectivity index (χ4v) is 3.97. The molecule has 0 fully saturated rings. The van der Waals surface area contributed by atoms with Gasteiger partial charge in [0, 0.05) is 25.9 Å². The molecule has 0 heterocycles. The molecule has 0 spiro atoms. The number of hydrogen-bond donors (Lipinski definition) is 1. The summed E-state index contributed by atoms with van der Waals surface area (Å²) in [5.41, 5.74) is 0. The molecule has 0 amide bonds. The van der Waals surface area contributed by atoms with Crippen molar-refractivity contribution >= 4 is 6.29 Å². The lowest BCUT2D eigenvalue weighted by molar-refractivity contribution is -0.107. The number of hydrogen-bond acceptors (Lipinski definition) is 4. The molecule has 0 aliphatic heterocycles. The fraction of sp³-hybridized carbons (Fsp3) is 0.889. The van der Waals surface area contributed by atoms with Crippen molar-refractivity contribution in [2.24, 2.45) is 0 Å². The van der Waals surface area contributed by atoms with Crippen molar-refractivity contribution < 1.29 is 14.6 Å². The molecular weight excluding hydrogens is 386 g/mol. The Kier molecular flexibility index (Phi) is 23.1. The molecular formula is C27H53NO3. The molecule has 0 aromatic carbocycles. The van der Waals surface area contributed by atoms with Gasteiger partial charge in [-0.25, -0.2) is 0 Å². The maximum atomic E-state index is 10.3. The van der Waals surface area contributed by atoms with Crippen molar-refractivity contribution in [2.75, 3.05) is 26.2 Å². The van der Waals surface area contributed by atoms with Crippen LogP contribution in [0.4, 0.5) is 0 Å². The Balaban J connectivity index is 3.72. The molecule has 184 valence electrons. The monoisotopic (exact) mass is 439 g/mol. The largest absolute Gasteiger partial charge is 0.496 e. The van der Waals surface area contributed by atoms with Gasteiger partial charge in [-0.15, -0.1) is 0 Å². The molecule has 0 saturated heterocycles. The van der Waals surface area contributed by atoms with Crippen LogP contribution in [-0.2, 0) is 9.53 Å². The van der Waals surface area contributed by atoms with E-state index in [4.69, 9.17) is 4.74 Å². The van der Waals surface area contributed by atoms with Crippen molar-refractivity contribution in [1.82, 2.24) is 4.90 Å². The molecule has 1 atom stereocenters. The lowest BCUT2D eigenvalue weighted by atomic mass is 10.1. The number of aliphatic hydroxyl groups excluding tert-OH is 1. The molecule has 1 N–H and O–H groups in total. The molecule has 1 unspecified atom stereocenters. The standard InChI is InChI=1S/C27H53NO3/c1-4-5-6-7-8-9-10-13-16-19-26(2)31-27(3)20-22-28(23-25-30)21-17-14-11-12-15-18-24-29/h24,27,30H,2,4-23,25H2,1,3H3.